The van der Waals surface area contributed by atoms with Crippen LogP contribution in [0.15, 0.2) is 24.3 Å². The highest BCUT2D eigenvalue weighted by atomic mass is 32.2. The zero-order valence-electron chi connectivity index (χ0n) is 11.5. The second-order valence-electron chi connectivity index (χ2n) is 4.65. The Morgan fingerprint density at radius 2 is 1.79 bits per heavy atom. The summed E-state index contributed by atoms with van der Waals surface area (Å²) < 4.78 is 25.7. The van der Waals surface area contributed by atoms with Gasteiger partial charge in [0.2, 0.25) is 10.0 Å². The van der Waals surface area contributed by atoms with E-state index in [0.29, 0.717) is 24.2 Å². The first-order valence-electron chi connectivity index (χ1n) is 5.93. The van der Waals surface area contributed by atoms with Gasteiger partial charge in [0.05, 0.1) is 17.4 Å². The summed E-state index contributed by atoms with van der Waals surface area (Å²) >= 11 is 0. The van der Waals surface area contributed by atoms with E-state index in [4.69, 9.17) is 5.26 Å². The lowest BCUT2D eigenvalue weighted by atomic mass is 10.1. The molecule has 0 fully saturated rings. The van der Waals surface area contributed by atoms with Gasteiger partial charge in [-0.3, -0.25) is 0 Å². The third-order valence-electron chi connectivity index (χ3n) is 2.81. The molecule has 0 aliphatic rings. The third-order valence-corrected chi connectivity index (χ3v) is 4.62. The first-order chi connectivity index (χ1) is 8.86. The highest BCUT2D eigenvalue weighted by molar-refractivity contribution is 7.88. The van der Waals surface area contributed by atoms with Gasteiger partial charge in [-0.05, 0) is 25.7 Å². The standard InChI is InChI=1S/C13H19N3O2S/c1-15(2)8-9-16(3)19(17,18)11-13-7-5-4-6-12(13)10-14/h4-7H,8-9,11H2,1-3H3. The van der Waals surface area contributed by atoms with E-state index in [0.717, 1.165) is 0 Å². The van der Waals surface area contributed by atoms with E-state index in [-0.39, 0.29) is 5.75 Å². The van der Waals surface area contributed by atoms with E-state index >= 15 is 0 Å². The molecule has 0 saturated heterocycles. The van der Waals surface area contributed by atoms with E-state index in [1.807, 2.05) is 25.1 Å². The van der Waals surface area contributed by atoms with Crippen LogP contribution in [0.4, 0.5) is 0 Å². The molecule has 0 aromatic heterocycles. The molecule has 0 atom stereocenters. The molecule has 6 heteroatoms. The van der Waals surface area contributed by atoms with Gasteiger partial charge in [-0.15, -0.1) is 0 Å². The Hall–Kier alpha value is -1.42. The molecule has 1 aromatic carbocycles. The van der Waals surface area contributed by atoms with Crippen LogP contribution in [0.5, 0.6) is 0 Å². The minimum Gasteiger partial charge on any atom is -0.308 e. The molecule has 1 aromatic rings. The zero-order chi connectivity index (χ0) is 14.5. The molecular formula is C13H19N3O2S. The maximum Gasteiger partial charge on any atom is 0.218 e. The van der Waals surface area contributed by atoms with E-state index in [9.17, 15) is 8.42 Å². The fraction of sp³-hybridized carbons (Fsp3) is 0.462. The van der Waals surface area contributed by atoms with Gasteiger partial charge in [-0.1, -0.05) is 18.2 Å². The van der Waals surface area contributed by atoms with Crippen molar-refractivity contribution in [3.05, 3.63) is 35.4 Å². The molecule has 0 bridgehead atoms. The lowest BCUT2D eigenvalue weighted by Crippen LogP contribution is -2.34. The molecule has 1 rings (SSSR count). The van der Waals surface area contributed by atoms with Crippen molar-refractivity contribution in [2.45, 2.75) is 5.75 Å². The Morgan fingerprint density at radius 1 is 1.16 bits per heavy atom. The summed E-state index contributed by atoms with van der Waals surface area (Å²) in [7, 11) is 1.97. The van der Waals surface area contributed by atoms with Crippen molar-refractivity contribution in [3.8, 4) is 6.07 Å². The molecule has 104 valence electrons. The van der Waals surface area contributed by atoms with Crippen molar-refractivity contribution in [3.63, 3.8) is 0 Å². The summed E-state index contributed by atoms with van der Waals surface area (Å²) in [6.45, 7) is 1.10. The summed E-state index contributed by atoms with van der Waals surface area (Å²) in [5.74, 6) is -0.138. The first-order valence-corrected chi connectivity index (χ1v) is 7.54. The molecule has 0 heterocycles. The number of benzene rings is 1. The van der Waals surface area contributed by atoms with Crippen LogP contribution in [0.3, 0.4) is 0 Å². The molecule has 0 radical (unpaired) electrons. The molecule has 5 nitrogen and oxygen atoms in total. The normalized spacial score (nSPS) is 11.8. The lowest BCUT2D eigenvalue weighted by molar-refractivity contribution is 0.358. The highest BCUT2D eigenvalue weighted by Gasteiger charge is 2.19. The fourth-order valence-corrected chi connectivity index (χ4v) is 2.77. The smallest absolute Gasteiger partial charge is 0.218 e. The van der Waals surface area contributed by atoms with Crippen molar-refractivity contribution in [1.82, 2.24) is 9.21 Å². The SMILES string of the molecule is CN(C)CCN(C)S(=O)(=O)Cc1ccccc1C#N. The third kappa shape index (κ3) is 4.63. The average Bonchev–Trinajstić information content (AvgIpc) is 2.36. The molecule has 0 amide bonds. The number of hydrogen-bond donors (Lipinski definition) is 0. The molecule has 0 saturated carbocycles. The van der Waals surface area contributed by atoms with Crippen LogP contribution in [-0.2, 0) is 15.8 Å². The second-order valence-corrected chi connectivity index (χ2v) is 6.73. The van der Waals surface area contributed by atoms with Crippen molar-refractivity contribution in [2.75, 3.05) is 34.2 Å². The van der Waals surface area contributed by atoms with Crippen molar-refractivity contribution in [2.24, 2.45) is 0 Å². The van der Waals surface area contributed by atoms with Crippen LogP contribution < -0.4 is 0 Å². The number of rotatable bonds is 6. The molecule has 0 unspecified atom stereocenters. The summed E-state index contributed by atoms with van der Waals surface area (Å²) in [4.78, 5) is 1.93. The van der Waals surface area contributed by atoms with Crippen LogP contribution >= 0.6 is 0 Å². The van der Waals surface area contributed by atoms with E-state index in [1.165, 1.54) is 4.31 Å². The molecule has 0 aliphatic carbocycles. The molecule has 0 aliphatic heterocycles. The van der Waals surface area contributed by atoms with E-state index in [1.54, 1.807) is 31.3 Å². The van der Waals surface area contributed by atoms with Crippen LogP contribution in [0, 0.1) is 11.3 Å². The number of hydrogen-bond acceptors (Lipinski definition) is 4. The maximum absolute atomic E-state index is 12.2. The number of sulfonamides is 1. The van der Waals surface area contributed by atoms with E-state index < -0.39 is 10.0 Å². The van der Waals surface area contributed by atoms with Crippen LogP contribution in [-0.4, -0.2) is 51.9 Å². The Labute approximate surface area is 115 Å². The average molecular weight is 281 g/mol. The number of likely N-dealkylation sites (N-methyl/N-ethyl adjacent to an activating group) is 2. The van der Waals surface area contributed by atoms with Gasteiger partial charge in [0.15, 0.2) is 0 Å². The predicted octanol–water partition coefficient (Wildman–Crippen LogP) is 0.881. The molecule has 0 N–H and O–H groups in total. The molecule has 19 heavy (non-hydrogen) atoms. The summed E-state index contributed by atoms with van der Waals surface area (Å²) in [5, 5.41) is 8.96. The zero-order valence-corrected chi connectivity index (χ0v) is 12.3. The molecular weight excluding hydrogens is 262 g/mol. The first kappa shape index (κ1) is 15.6. The Kier molecular flexibility index (Phi) is 5.48. The summed E-state index contributed by atoms with van der Waals surface area (Å²) in [6.07, 6.45) is 0. The topological polar surface area (TPSA) is 64.4 Å². The van der Waals surface area contributed by atoms with Crippen molar-refractivity contribution in [1.29, 1.82) is 5.26 Å². The largest absolute Gasteiger partial charge is 0.308 e. The lowest BCUT2D eigenvalue weighted by Gasteiger charge is -2.19. The van der Waals surface area contributed by atoms with Gasteiger partial charge in [-0.2, -0.15) is 5.26 Å². The maximum atomic E-state index is 12.2. The van der Waals surface area contributed by atoms with Crippen molar-refractivity contribution >= 4 is 10.0 Å². The monoisotopic (exact) mass is 281 g/mol. The van der Waals surface area contributed by atoms with E-state index in [2.05, 4.69) is 0 Å². The summed E-state index contributed by atoms with van der Waals surface area (Å²) in [5.41, 5.74) is 0.953. The van der Waals surface area contributed by atoms with Crippen LogP contribution in [0.1, 0.15) is 11.1 Å². The van der Waals surface area contributed by atoms with Gasteiger partial charge in [-0.25, -0.2) is 12.7 Å². The quantitative estimate of drug-likeness (QED) is 0.776. The Balaban J connectivity index is 2.82. The van der Waals surface area contributed by atoms with Crippen LogP contribution in [0.25, 0.3) is 0 Å². The van der Waals surface area contributed by atoms with Gasteiger partial charge >= 0.3 is 0 Å². The fourth-order valence-electron chi connectivity index (χ4n) is 1.54. The molecule has 0 spiro atoms. The number of nitrogens with zero attached hydrogens (tertiary/aromatic N) is 3. The summed E-state index contributed by atoms with van der Waals surface area (Å²) in [6, 6.07) is 8.79. The highest BCUT2D eigenvalue weighted by Crippen LogP contribution is 2.13. The minimum absolute atomic E-state index is 0.138. The van der Waals surface area contributed by atoms with Crippen LogP contribution in [0.2, 0.25) is 0 Å². The van der Waals surface area contributed by atoms with Gasteiger partial charge in [0.25, 0.3) is 0 Å². The van der Waals surface area contributed by atoms with Gasteiger partial charge in [0, 0.05) is 20.1 Å². The Bertz CT molecular complexity index is 561. The number of nitriles is 1. The van der Waals surface area contributed by atoms with Crippen molar-refractivity contribution < 1.29 is 8.42 Å². The van der Waals surface area contributed by atoms with Gasteiger partial charge < -0.3 is 4.90 Å². The minimum atomic E-state index is -3.39. The van der Waals surface area contributed by atoms with Gasteiger partial charge in [0.1, 0.15) is 0 Å². The predicted molar refractivity (Wildman–Crippen MR) is 75.0 cm³/mol. The second kappa shape index (κ2) is 6.66. The Morgan fingerprint density at radius 3 is 2.37 bits per heavy atom.